The Balaban J connectivity index is 0. The first-order valence-electron chi connectivity index (χ1n) is 0. The van der Waals surface area contributed by atoms with E-state index in [2.05, 4.69) is 0 Å². The quantitative estimate of drug-likeness (QED) is 0.517. The average molecular weight is 254 g/mol. The molecule has 0 aliphatic carbocycles. The van der Waals surface area contributed by atoms with Crippen molar-refractivity contribution in [1.82, 2.24) is 0 Å². The predicted molar refractivity (Wildman–Crippen MR) is 7.13 cm³/mol. The summed E-state index contributed by atoms with van der Waals surface area (Å²) < 4.78 is 0. The van der Waals surface area contributed by atoms with Gasteiger partial charge in [-0.15, -0.1) is 0 Å². The molecular weight excluding hydrogens is 254 g/mol. The largest absolute Gasteiger partial charge is 4.00 e. The fraction of sp³-hybridized carbons (Fsp3) is 0. The van der Waals surface area contributed by atoms with Crippen LogP contribution in [0.25, 0.3) is 0 Å². The summed E-state index contributed by atoms with van der Waals surface area (Å²) in [4.78, 5) is 0. The van der Waals surface area contributed by atoms with Crippen molar-refractivity contribution in [1.29, 1.82) is 0 Å². The maximum absolute atomic E-state index is 0. The molecule has 0 saturated heterocycles. The van der Waals surface area contributed by atoms with E-state index < -0.39 is 0 Å². The van der Waals surface area contributed by atoms with Gasteiger partial charge in [0.25, 0.3) is 0 Å². The normalized spacial score (nSPS) is 0. The summed E-state index contributed by atoms with van der Waals surface area (Å²) in [5.41, 5.74) is 0. The first kappa shape index (κ1) is 63.5. The van der Waals surface area contributed by atoms with Crippen molar-refractivity contribution in [2.75, 3.05) is 0 Å². The molecule has 0 bridgehead atoms. The van der Waals surface area contributed by atoms with Crippen molar-refractivity contribution in [2.24, 2.45) is 0 Å². The van der Waals surface area contributed by atoms with Crippen LogP contribution in [0.1, 0.15) is 0 Å². The Hall–Kier alpha value is 1.98. The molecule has 0 atom stereocenters. The molecule has 2 nitrogen and oxygen atoms in total. The van der Waals surface area contributed by atoms with Crippen LogP contribution in [0, 0.1) is 0 Å². The fourth-order valence-corrected chi connectivity index (χ4v) is 0. The Morgan fingerprint density at radius 2 is 0.800 bits per heavy atom. The molecule has 0 amide bonds. The monoisotopic (exact) mass is 253 g/mol. The third-order valence-electron chi connectivity index (χ3n) is 0. The second kappa shape index (κ2) is 37.7. The molecular formula is CrO2SbTi+6. The van der Waals surface area contributed by atoms with Gasteiger partial charge in [0, 0.05) is 0 Å². The minimum Gasteiger partial charge on any atom is -2.00 e. The summed E-state index contributed by atoms with van der Waals surface area (Å²) in [5, 5.41) is 0. The van der Waals surface area contributed by atoms with E-state index in [-0.39, 0.29) is 74.5 Å². The Bertz CT molecular complexity index is 9.61. The second-order valence-electron chi connectivity index (χ2n) is 0. The van der Waals surface area contributed by atoms with Crippen molar-refractivity contribution >= 4 is 24.4 Å². The van der Waals surface area contributed by atoms with Crippen molar-refractivity contribution < 1.29 is 50.0 Å². The van der Waals surface area contributed by atoms with Gasteiger partial charge < -0.3 is 11.0 Å². The predicted octanol–water partition coefficient (Wildman–Crippen LogP) is -0.623. The SMILES string of the molecule is [Cr+3].[O-2].[O-2].[Sb+3].[Ti+4]. The first-order valence-corrected chi connectivity index (χ1v) is 0. The van der Waals surface area contributed by atoms with Crippen LogP contribution in [-0.4, -0.2) is 24.4 Å². The minimum atomic E-state index is 0. The summed E-state index contributed by atoms with van der Waals surface area (Å²) in [5.74, 6) is 0. The van der Waals surface area contributed by atoms with Crippen LogP contribution in [0.2, 0.25) is 0 Å². The molecule has 0 aromatic carbocycles. The van der Waals surface area contributed by atoms with Crippen LogP contribution >= 0.6 is 0 Å². The Labute approximate surface area is 73.8 Å². The zero-order valence-corrected chi connectivity index (χ0v) is 7.56. The smallest absolute Gasteiger partial charge is 2.00 e. The number of hydrogen-bond acceptors (Lipinski definition) is 0. The van der Waals surface area contributed by atoms with Crippen LogP contribution in [0.3, 0.4) is 0 Å². The third-order valence-corrected chi connectivity index (χ3v) is 0. The zero-order valence-electron chi connectivity index (χ0n) is 2.17. The van der Waals surface area contributed by atoms with Gasteiger partial charge in [0.1, 0.15) is 0 Å². The van der Waals surface area contributed by atoms with E-state index in [0.29, 0.717) is 0 Å². The molecule has 5 heavy (non-hydrogen) atoms. The van der Waals surface area contributed by atoms with Crippen LogP contribution < -0.4 is 0 Å². The van der Waals surface area contributed by atoms with E-state index in [4.69, 9.17) is 0 Å². The summed E-state index contributed by atoms with van der Waals surface area (Å²) in [6.45, 7) is 0. The molecule has 0 aliphatic rings. The molecule has 0 heterocycles. The molecule has 0 fully saturated rings. The van der Waals surface area contributed by atoms with E-state index in [0.717, 1.165) is 0 Å². The van der Waals surface area contributed by atoms with Crippen molar-refractivity contribution in [3.63, 3.8) is 0 Å². The van der Waals surface area contributed by atoms with Crippen LogP contribution in [0.5, 0.6) is 0 Å². The number of hydrogen-bond donors (Lipinski definition) is 0. The molecule has 0 rings (SSSR count). The van der Waals surface area contributed by atoms with Gasteiger partial charge in [-0.3, -0.25) is 0 Å². The van der Waals surface area contributed by atoms with Gasteiger partial charge >= 0.3 is 63.5 Å². The van der Waals surface area contributed by atoms with Gasteiger partial charge in [0.05, 0.1) is 0 Å². The molecule has 0 aliphatic heterocycles. The first-order chi connectivity index (χ1) is 0. The maximum atomic E-state index is 0. The number of rotatable bonds is 0. The molecule has 0 saturated carbocycles. The summed E-state index contributed by atoms with van der Waals surface area (Å²) >= 11 is 0. The Morgan fingerprint density at radius 3 is 0.800 bits per heavy atom. The average Bonchev–Trinajstić information content (AvgIpc) is 0. The summed E-state index contributed by atoms with van der Waals surface area (Å²) in [6.07, 6.45) is 0. The molecule has 21 valence electrons. The molecule has 0 aromatic rings. The summed E-state index contributed by atoms with van der Waals surface area (Å²) in [6, 6.07) is 0. The zero-order chi connectivity index (χ0) is 0. The standard InChI is InChI=1S/Cr.2O.Sb.Ti/q+3;2*-2;+3;+4. The van der Waals surface area contributed by atoms with Gasteiger partial charge in [0.15, 0.2) is 0 Å². The van der Waals surface area contributed by atoms with E-state index >= 15 is 0 Å². The Kier molecular flexibility index (Phi) is 479. The van der Waals surface area contributed by atoms with Crippen LogP contribution in [0.15, 0.2) is 0 Å². The van der Waals surface area contributed by atoms with E-state index in [1.807, 2.05) is 0 Å². The van der Waals surface area contributed by atoms with Crippen molar-refractivity contribution in [3.8, 4) is 0 Å². The van der Waals surface area contributed by atoms with Gasteiger partial charge in [-0.1, -0.05) is 0 Å². The van der Waals surface area contributed by atoms with Gasteiger partial charge in [-0.25, -0.2) is 0 Å². The van der Waals surface area contributed by atoms with Crippen LogP contribution in [-0.2, 0) is 50.0 Å². The van der Waals surface area contributed by atoms with Crippen molar-refractivity contribution in [3.05, 3.63) is 0 Å². The van der Waals surface area contributed by atoms with E-state index in [9.17, 15) is 0 Å². The van der Waals surface area contributed by atoms with Gasteiger partial charge in [-0.05, 0) is 0 Å². The van der Waals surface area contributed by atoms with Gasteiger partial charge in [-0.2, -0.15) is 0 Å². The summed E-state index contributed by atoms with van der Waals surface area (Å²) in [7, 11) is 0. The molecule has 0 unspecified atom stereocenters. The Morgan fingerprint density at radius 1 is 0.800 bits per heavy atom. The second-order valence-corrected chi connectivity index (χ2v) is 0. The molecule has 3 radical (unpaired) electrons. The molecule has 0 N–H and O–H groups in total. The van der Waals surface area contributed by atoms with E-state index in [1.54, 1.807) is 0 Å². The van der Waals surface area contributed by atoms with E-state index in [1.165, 1.54) is 0 Å². The fourth-order valence-electron chi connectivity index (χ4n) is 0. The maximum Gasteiger partial charge on any atom is 4.00 e. The van der Waals surface area contributed by atoms with Gasteiger partial charge in [0.2, 0.25) is 0 Å². The van der Waals surface area contributed by atoms with Crippen LogP contribution in [0.4, 0.5) is 0 Å². The molecule has 5 heteroatoms. The molecule has 0 aromatic heterocycles. The van der Waals surface area contributed by atoms with Crippen molar-refractivity contribution in [2.45, 2.75) is 0 Å². The third kappa shape index (κ3) is 24.1. The minimum absolute atomic E-state index is 0. The topological polar surface area (TPSA) is 57.0 Å². The molecule has 0 spiro atoms.